The lowest BCUT2D eigenvalue weighted by molar-refractivity contribution is -0.132. The van der Waals surface area contributed by atoms with E-state index >= 15 is 0 Å². The van der Waals surface area contributed by atoms with Crippen molar-refractivity contribution in [3.8, 4) is 23.0 Å². The largest absolute Gasteiger partial charge is 0.493 e. The van der Waals surface area contributed by atoms with Gasteiger partial charge < -0.3 is 28.7 Å². The Bertz CT molecular complexity index is 969. The average molecular weight is 457 g/mol. The third-order valence-corrected chi connectivity index (χ3v) is 5.71. The molecule has 178 valence electrons. The fourth-order valence-corrected chi connectivity index (χ4v) is 3.86. The molecule has 1 fully saturated rings. The van der Waals surface area contributed by atoms with E-state index in [0.29, 0.717) is 74.2 Å². The second-order valence-corrected chi connectivity index (χ2v) is 7.66. The van der Waals surface area contributed by atoms with E-state index in [9.17, 15) is 9.59 Å². The maximum atomic E-state index is 12.9. The molecule has 0 bridgehead atoms. The summed E-state index contributed by atoms with van der Waals surface area (Å²) in [6, 6.07) is 10.9. The summed E-state index contributed by atoms with van der Waals surface area (Å²) >= 11 is 0. The number of rotatable bonds is 9. The lowest BCUT2D eigenvalue weighted by Gasteiger charge is -2.35. The van der Waals surface area contributed by atoms with Crippen molar-refractivity contribution >= 4 is 11.8 Å². The maximum absolute atomic E-state index is 12.9. The van der Waals surface area contributed by atoms with E-state index in [4.69, 9.17) is 18.9 Å². The Hall–Kier alpha value is -3.42. The Morgan fingerprint density at radius 2 is 1.39 bits per heavy atom. The van der Waals surface area contributed by atoms with Gasteiger partial charge in [-0.05, 0) is 49.2 Å². The summed E-state index contributed by atoms with van der Waals surface area (Å²) in [7, 11) is 4.71. The van der Waals surface area contributed by atoms with E-state index in [1.807, 2.05) is 30.0 Å². The molecule has 0 aromatic heterocycles. The lowest BCUT2D eigenvalue weighted by atomic mass is 10.1. The topological polar surface area (TPSA) is 77.5 Å². The summed E-state index contributed by atoms with van der Waals surface area (Å²) in [5, 5.41) is 0. The Labute approximate surface area is 195 Å². The summed E-state index contributed by atoms with van der Waals surface area (Å²) < 4.78 is 21.5. The minimum absolute atomic E-state index is 0.0791. The Morgan fingerprint density at radius 1 is 0.788 bits per heavy atom. The van der Waals surface area contributed by atoms with E-state index in [1.165, 1.54) is 0 Å². The van der Waals surface area contributed by atoms with Gasteiger partial charge in [0.1, 0.15) is 0 Å². The number of carbonyl (C=O) groups is 2. The molecule has 0 N–H and O–H groups in total. The zero-order chi connectivity index (χ0) is 23.8. The van der Waals surface area contributed by atoms with Crippen LogP contribution in [0.5, 0.6) is 23.0 Å². The van der Waals surface area contributed by atoms with Crippen molar-refractivity contribution in [3.63, 3.8) is 0 Å². The highest BCUT2D eigenvalue weighted by Crippen LogP contribution is 2.29. The molecule has 8 nitrogen and oxygen atoms in total. The summed E-state index contributed by atoms with van der Waals surface area (Å²) in [5.41, 5.74) is 1.56. The Morgan fingerprint density at radius 3 is 2.03 bits per heavy atom. The van der Waals surface area contributed by atoms with E-state index in [1.54, 1.807) is 44.4 Å². The molecule has 0 unspecified atom stereocenters. The smallest absolute Gasteiger partial charge is 0.254 e. The predicted molar refractivity (Wildman–Crippen MR) is 125 cm³/mol. The van der Waals surface area contributed by atoms with Gasteiger partial charge >= 0.3 is 0 Å². The Balaban J connectivity index is 1.52. The van der Waals surface area contributed by atoms with Gasteiger partial charge in [-0.2, -0.15) is 0 Å². The van der Waals surface area contributed by atoms with Gasteiger partial charge in [0.25, 0.3) is 5.91 Å². The molecule has 0 atom stereocenters. The van der Waals surface area contributed by atoms with E-state index < -0.39 is 0 Å². The normalized spacial score (nSPS) is 13.5. The molecule has 33 heavy (non-hydrogen) atoms. The zero-order valence-corrected chi connectivity index (χ0v) is 19.8. The minimum atomic E-state index is -0.0791. The monoisotopic (exact) mass is 456 g/mol. The highest BCUT2D eigenvalue weighted by atomic mass is 16.5. The van der Waals surface area contributed by atoms with Crippen molar-refractivity contribution in [2.75, 3.05) is 54.1 Å². The van der Waals surface area contributed by atoms with Gasteiger partial charge in [0.2, 0.25) is 5.91 Å². The predicted octanol–water partition coefficient (Wildman–Crippen LogP) is 3.03. The number of amides is 2. The first-order valence-electron chi connectivity index (χ1n) is 11.1. The summed E-state index contributed by atoms with van der Waals surface area (Å²) in [6.07, 6.45) is 1.02. The van der Waals surface area contributed by atoms with Crippen molar-refractivity contribution in [3.05, 3.63) is 47.5 Å². The second-order valence-electron chi connectivity index (χ2n) is 7.66. The van der Waals surface area contributed by atoms with Gasteiger partial charge in [-0.25, -0.2) is 0 Å². The molecule has 1 saturated heterocycles. The van der Waals surface area contributed by atoms with Crippen molar-refractivity contribution in [2.24, 2.45) is 0 Å². The van der Waals surface area contributed by atoms with Crippen LogP contribution in [0.15, 0.2) is 36.4 Å². The minimum Gasteiger partial charge on any atom is -0.493 e. The highest BCUT2D eigenvalue weighted by Gasteiger charge is 2.25. The number of carbonyl (C=O) groups excluding carboxylic acids is 2. The SMILES string of the molecule is CCOc1ccc(CCC(=O)N2CCN(C(=O)c3ccc(OC)c(OC)c3)CC2)cc1OC. The van der Waals surface area contributed by atoms with E-state index in [0.717, 1.165) is 5.56 Å². The lowest BCUT2D eigenvalue weighted by Crippen LogP contribution is -2.50. The maximum Gasteiger partial charge on any atom is 0.254 e. The van der Waals surface area contributed by atoms with Gasteiger partial charge in [0.05, 0.1) is 27.9 Å². The average Bonchev–Trinajstić information content (AvgIpc) is 2.87. The molecule has 2 aromatic rings. The first-order chi connectivity index (χ1) is 16.0. The highest BCUT2D eigenvalue weighted by molar-refractivity contribution is 5.95. The molecular formula is C25H32N2O6. The van der Waals surface area contributed by atoms with E-state index in [2.05, 4.69) is 0 Å². The molecule has 3 rings (SSSR count). The molecule has 1 aliphatic heterocycles. The molecular weight excluding hydrogens is 424 g/mol. The first-order valence-corrected chi connectivity index (χ1v) is 11.1. The third kappa shape index (κ3) is 5.88. The number of methoxy groups -OCH3 is 3. The molecule has 2 amide bonds. The summed E-state index contributed by atoms with van der Waals surface area (Å²) in [5.74, 6) is 2.47. The molecule has 1 aliphatic rings. The number of ether oxygens (including phenoxy) is 4. The summed E-state index contributed by atoms with van der Waals surface area (Å²) in [6.45, 7) is 4.52. The van der Waals surface area contributed by atoms with Crippen LogP contribution >= 0.6 is 0 Å². The van der Waals surface area contributed by atoms with Crippen LogP contribution in [-0.2, 0) is 11.2 Å². The van der Waals surface area contributed by atoms with Gasteiger partial charge in [0.15, 0.2) is 23.0 Å². The summed E-state index contributed by atoms with van der Waals surface area (Å²) in [4.78, 5) is 29.2. The van der Waals surface area contributed by atoms with Gasteiger partial charge in [-0.15, -0.1) is 0 Å². The van der Waals surface area contributed by atoms with Crippen LogP contribution in [0.3, 0.4) is 0 Å². The van der Waals surface area contributed by atoms with Crippen LogP contribution in [0.2, 0.25) is 0 Å². The van der Waals surface area contributed by atoms with Crippen molar-refractivity contribution in [2.45, 2.75) is 19.8 Å². The number of hydrogen-bond donors (Lipinski definition) is 0. The Kier molecular flexibility index (Phi) is 8.40. The number of aryl methyl sites for hydroxylation is 1. The van der Waals surface area contributed by atoms with Crippen LogP contribution in [-0.4, -0.2) is 75.7 Å². The van der Waals surface area contributed by atoms with Crippen LogP contribution < -0.4 is 18.9 Å². The van der Waals surface area contributed by atoms with Crippen molar-refractivity contribution in [1.82, 2.24) is 9.80 Å². The standard InChI is InChI=1S/C25H32N2O6/c1-5-33-21-9-6-18(16-22(21)31-3)7-11-24(28)26-12-14-27(15-13-26)25(29)19-8-10-20(30-2)23(17-19)32-4/h6,8-10,16-17H,5,7,11-15H2,1-4H3. The van der Waals surface area contributed by atoms with Gasteiger partial charge in [-0.1, -0.05) is 6.07 Å². The fraction of sp³-hybridized carbons (Fsp3) is 0.440. The van der Waals surface area contributed by atoms with Crippen LogP contribution in [0.1, 0.15) is 29.3 Å². The number of nitrogens with zero attached hydrogens (tertiary/aromatic N) is 2. The third-order valence-electron chi connectivity index (χ3n) is 5.71. The first kappa shape index (κ1) is 24.2. The molecule has 0 aliphatic carbocycles. The molecule has 0 spiro atoms. The number of hydrogen-bond acceptors (Lipinski definition) is 6. The zero-order valence-electron chi connectivity index (χ0n) is 19.8. The number of benzene rings is 2. The number of piperazine rings is 1. The van der Waals surface area contributed by atoms with Crippen molar-refractivity contribution in [1.29, 1.82) is 0 Å². The molecule has 1 heterocycles. The van der Waals surface area contributed by atoms with Gasteiger partial charge in [0, 0.05) is 38.2 Å². The van der Waals surface area contributed by atoms with Crippen LogP contribution in [0.25, 0.3) is 0 Å². The fourth-order valence-electron chi connectivity index (χ4n) is 3.86. The molecule has 0 saturated carbocycles. The van der Waals surface area contributed by atoms with Crippen molar-refractivity contribution < 1.29 is 28.5 Å². The van der Waals surface area contributed by atoms with Crippen LogP contribution in [0.4, 0.5) is 0 Å². The second kappa shape index (κ2) is 11.4. The molecule has 2 aromatic carbocycles. The molecule has 0 radical (unpaired) electrons. The van der Waals surface area contributed by atoms with E-state index in [-0.39, 0.29) is 11.8 Å². The van der Waals surface area contributed by atoms with Gasteiger partial charge in [-0.3, -0.25) is 9.59 Å². The molecule has 8 heteroatoms. The van der Waals surface area contributed by atoms with Crippen LogP contribution in [0, 0.1) is 0 Å². The quantitative estimate of drug-likeness (QED) is 0.577.